The minimum Gasteiger partial charge on any atom is -0.321 e. The summed E-state index contributed by atoms with van der Waals surface area (Å²) in [4.78, 5) is 0. The predicted molar refractivity (Wildman–Crippen MR) is 53.4 cm³/mol. The minimum atomic E-state index is -4.67. The molecule has 1 aromatic rings. The molecular formula is C6H8ClFN2O4S. The molecule has 0 spiro atoms. The average molecular weight is 259 g/mol. The van der Waals surface area contributed by atoms with Gasteiger partial charge in [-0.3, -0.25) is 14.9 Å². The van der Waals surface area contributed by atoms with Crippen molar-refractivity contribution in [3.8, 4) is 0 Å². The summed E-state index contributed by atoms with van der Waals surface area (Å²) in [5.74, 6) is 4.52. The van der Waals surface area contributed by atoms with Crippen molar-refractivity contribution in [2.24, 2.45) is 5.84 Å². The van der Waals surface area contributed by atoms with Crippen LogP contribution in [0.25, 0.3) is 0 Å². The molecule has 1 rings (SSSR count). The fourth-order valence-electron chi connectivity index (χ4n) is 0.607. The van der Waals surface area contributed by atoms with Gasteiger partial charge in [-0.2, -0.15) is 8.42 Å². The molecule has 0 unspecified atom stereocenters. The molecule has 0 aromatic heterocycles. The lowest BCUT2D eigenvalue weighted by atomic mass is 10.3. The summed E-state index contributed by atoms with van der Waals surface area (Å²) in [7, 11) is -4.67. The SMILES string of the molecule is NNc1ccc(Cl)cc1F.O=S(=O)(O)O. The number of rotatable bonds is 1. The molecule has 0 fully saturated rings. The second kappa shape index (κ2) is 5.83. The summed E-state index contributed by atoms with van der Waals surface area (Å²) in [5, 5.41) is 0.358. The van der Waals surface area contributed by atoms with Crippen LogP contribution in [-0.4, -0.2) is 17.5 Å². The lowest BCUT2D eigenvalue weighted by Gasteiger charge is -1.99. The highest BCUT2D eigenvalue weighted by Gasteiger charge is 1.98. The first-order chi connectivity index (χ1) is 6.74. The smallest absolute Gasteiger partial charge is 0.321 e. The number of hydrazine groups is 1. The van der Waals surface area contributed by atoms with Crippen LogP contribution in [0.4, 0.5) is 10.1 Å². The molecule has 0 aliphatic rings. The summed E-state index contributed by atoms with van der Waals surface area (Å²) in [6.45, 7) is 0. The van der Waals surface area contributed by atoms with Crippen molar-refractivity contribution in [1.82, 2.24) is 0 Å². The molecule has 0 bridgehead atoms. The molecule has 15 heavy (non-hydrogen) atoms. The third-order valence-corrected chi connectivity index (χ3v) is 1.32. The number of hydrogen-bond acceptors (Lipinski definition) is 4. The van der Waals surface area contributed by atoms with Crippen LogP contribution < -0.4 is 11.3 Å². The third-order valence-electron chi connectivity index (χ3n) is 1.09. The number of nitrogen functional groups attached to an aromatic ring is 1. The highest BCUT2D eigenvalue weighted by Crippen LogP contribution is 2.17. The van der Waals surface area contributed by atoms with E-state index in [-0.39, 0.29) is 5.69 Å². The van der Waals surface area contributed by atoms with Crippen molar-refractivity contribution >= 4 is 27.7 Å². The summed E-state index contributed by atoms with van der Waals surface area (Å²) >= 11 is 5.47. The molecule has 0 atom stereocenters. The van der Waals surface area contributed by atoms with E-state index < -0.39 is 16.2 Å². The predicted octanol–water partition coefficient (Wildman–Crippen LogP) is 1.11. The zero-order valence-corrected chi connectivity index (χ0v) is 8.76. The van der Waals surface area contributed by atoms with Gasteiger partial charge in [0.15, 0.2) is 0 Å². The Hall–Kier alpha value is -0.930. The van der Waals surface area contributed by atoms with E-state index in [0.29, 0.717) is 5.02 Å². The Bertz CT molecular complexity index is 417. The summed E-state index contributed by atoms with van der Waals surface area (Å²) in [6, 6.07) is 4.22. The van der Waals surface area contributed by atoms with Gasteiger partial charge in [-0.15, -0.1) is 0 Å². The summed E-state index contributed by atoms with van der Waals surface area (Å²) in [5.41, 5.74) is 2.43. The first kappa shape index (κ1) is 14.1. The molecule has 0 heterocycles. The van der Waals surface area contributed by atoms with E-state index in [1.807, 2.05) is 0 Å². The van der Waals surface area contributed by atoms with Gasteiger partial charge in [0.1, 0.15) is 5.82 Å². The van der Waals surface area contributed by atoms with Crippen molar-refractivity contribution < 1.29 is 21.9 Å². The fraction of sp³-hybridized carbons (Fsp3) is 0. The molecule has 1 aromatic carbocycles. The number of hydrogen-bond donors (Lipinski definition) is 4. The maximum absolute atomic E-state index is 12.6. The Morgan fingerprint density at radius 3 is 2.20 bits per heavy atom. The highest BCUT2D eigenvalue weighted by atomic mass is 35.5. The minimum absolute atomic E-state index is 0.240. The van der Waals surface area contributed by atoms with Gasteiger partial charge in [-0.1, -0.05) is 11.6 Å². The second-order valence-electron chi connectivity index (χ2n) is 2.22. The van der Waals surface area contributed by atoms with E-state index in [9.17, 15) is 4.39 Å². The van der Waals surface area contributed by atoms with Crippen LogP contribution >= 0.6 is 11.6 Å². The number of benzene rings is 1. The maximum Gasteiger partial charge on any atom is 0.394 e. The Kier molecular flexibility index (Phi) is 5.47. The average Bonchev–Trinajstić information content (AvgIpc) is 2.01. The van der Waals surface area contributed by atoms with Crippen molar-refractivity contribution in [2.45, 2.75) is 0 Å². The van der Waals surface area contributed by atoms with Crippen LogP contribution in [0.3, 0.4) is 0 Å². The van der Waals surface area contributed by atoms with E-state index in [4.69, 9.17) is 35.0 Å². The molecule has 86 valence electrons. The monoisotopic (exact) mass is 258 g/mol. The van der Waals surface area contributed by atoms with E-state index in [0.717, 1.165) is 0 Å². The van der Waals surface area contributed by atoms with E-state index >= 15 is 0 Å². The van der Waals surface area contributed by atoms with Crippen LogP contribution in [0, 0.1) is 5.82 Å². The van der Waals surface area contributed by atoms with Crippen LogP contribution in [0.5, 0.6) is 0 Å². The number of nitrogens with two attached hydrogens (primary N) is 1. The normalized spacial score (nSPS) is 10.2. The zero-order valence-electron chi connectivity index (χ0n) is 7.18. The van der Waals surface area contributed by atoms with Gasteiger partial charge in [0.25, 0.3) is 0 Å². The van der Waals surface area contributed by atoms with Gasteiger partial charge >= 0.3 is 10.4 Å². The van der Waals surface area contributed by atoms with Gasteiger partial charge < -0.3 is 5.43 Å². The Morgan fingerprint density at radius 2 is 1.87 bits per heavy atom. The molecule has 5 N–H and O–H groups in total. The quantitative estimate of drug-likeness (QED) is 0.341. The van der Waals surface area contributed by atoms with E-state index in [2.05, 4.69) is 5.43 Å². The summed E-state index contributed by atoms with van der Waals surface area (Å²) in [6.07, 6.45) is 0. The Morgan fingerprint density at radius 1 is 1.40 bits per heavy atom. The number of nitrogens with one attached hydrogen (secondary N) is 1. The molecule has 0 aliphatic heterocycles. The van der Waals surface area contributed by atoms with Crippen molar-refractivity contribution in [3.05, 3.63) is 29.0 Å². The standard InChI is InChI=1S/C6H6ClFN2.H2O4S/c7-4-1-2-6(10-9)5(8)3-4;1-5(2,3)4/h1-3,10H,9H2;(H2,1,2,3,4). The third kappa shape index (κ3) is 8.09. The Labute approximate surface area is 90.4 Å². The second-order valence-corrected chi connectivity index (χ2v) is 3.55. The Balaban J connectivity index is 0.000000336. The highest BCUT2D eigenvalue weighted by molar-refractivity contribution is 7.79. The maximum atomic E-state index is 12.6. The molecular weight excluding hydrogens is 251 g/mol. The zero-order chi connectivity index (χ0) is 12.1. The molecule has 0 aliphatic carbocycles. The van der Waals surface area contributed by atoms with Crippen LogP contribution in [0.15, 0.2) is 18.2 Å². The number of anilines is 1. The molecule has 6 nitrogen and oxygen atoms in total. The van der Waals surface area contributed by atoms with E-state index in [1.54, 1.807) is 6.07 Å². The van der Waals surface area contributed by atoms with Gasteiger partial charge in [0.2, 0.25) is 0 Å². The van der Waals surface area contributed by atoms with Crippen LogP contribution in [0.2, 0.25) is 5.02 Å². The van der Waals surface area contributed by atoms with Crippen molar-refractivity contribution in [1.29, 1.82) is 0 Å². The molecule has 0 amide bonds. The lowest BCUT2D eigenvalue weighted by molar-refractivity contribution is 0.381. The van der Waals surface area contributed by atoms with Gasteiger partial charge in [0, 0.05) is 5.02 Å². The molecule has 0 radical (unpaired) electrons. The summed E-state index contributed by atoms with van der Waals surface area (Å²) < 4.78 is 44.2. The van der Waals surface area contributed by atoms with Gasteiger partial charge in [-0.05, 0) is 18.2 Å². The molecule has 0 saturated carbocycles. The molecule has 0 saturated heterocycles. The van der Waals surface area contributed by atoms with Gasteiger partial charge in [-0.25, -0.2) is 4.39 Å². The topological polar surface area (TPSA) is 113 Å². The number of halogens is 2. The van der Waals surface area contributed by atoms with Crippen LogP contribution in [0.1, 0.15) is 0 Å². The lowest BCUT2D eigenvalue weighted by Crippen LogP contribution is -2.08. The molecule has 9 heteroatoms. The van der Waals surface area contributed by atoms with Crippen molar-refractivity contribution in [3.63, 3.8) is 0 Å². The van der Waals surface area contributed by atoms with Gasteiger partial charge in [0.05, 0.1) is 5.69 Å². The first-order valence-corrected chi connectivity index (χ1v) is 5.13. The van der Waals surface area contributed by atoms with Crippen LogP contribution in [-0.2, 0) is 10.4 Å². The van der Waals surface area contributed by atoms with Crippen molar-refractivity contribution in [2.75, 3.05) is 5.43 Å². The largest absolute Gasteiger partial charge is 0.394 e. The van der Waals surface area contributed by atoms with E-state index in [1.165, 1.54) is 12.1 Å². The first-order valence-electron chi connectivity index (χ1n) is 3.35. The fourth-order valence-corrected chi connectivity index (χ4v) is 0.765.